The maximum absolute atomic E-state index is 12.9. The second kappa shape index (κ2) is 11.5. The van der Waals surface area contributed by atoms with E-state index in [0.29, 0.717) is 23.0 Å². The van der Waals surface area contributed by atoms with Gasteiger partial charge in [-0.3, -0.25) is 4.79 Å². The van der Waals surface area contributed by atoms with Crippen LogP contribution in [-0.2, 0) is 14.3 Å². The van der Waals surface area contributed by atoms with E-state index in [1.54, 1.807) is 36.4 Å². The van der Waals surface area contributed by atoms with Gasteiger partial charge in [-0.05, 0) is 78.3 Å². The van der Waals surface area contributed by atoms with Gasteiger partial charge in [0.15, 0.2) is 5.78 Å². The van der Waals surface area contributed by atoms with Gasteiger partial charge in [-0.2, -0.15) is 0 Å². The number of hydrogen-bond donors (Lipinski definition) is 0. The Kier molecular flexibility index (Phi) is 8.41. The van der Waals surface area contributed by atoms with Crippen molar-refractivity contribution in [2.75, 3.05) is 6.79 Å². The smallest absolute Gasteiger partial charge is 0.343 e. The number of carbonyl (C=O) groups excluding carboxylic acids is 3. The van der Waals surface area contributed by atoms with Crippen LogP contribution in [0.15, 0.2) is 66.8 Å². The molecule has 34 heavy (non-hydrogen) atoms. The minimum atomic E-state index is -0.581. The van der Waals surface area contributed by atoms with Crippen molar-refractivity contribution < 1.29 is 28.6 Å². The summed E-state index contributed by atoms with van der Waals surface area (Å²) < 4.78 is 15.5. The van der Waals surface area contributed by atoms with Crippen LogP contribution in [0.4, 0.5) is 0 Å². The highest BCUT2D eigenvalue weighted by Crippen LogP contribution is 2.35. The Labute approximate surface area is 200 Å². The molecule has 178 valence electrons. The van der Waals surface area contributed by atoms with Gasteiger partial charge in [0, 0.05) is 12.0 Å². The van der Waals surface area contributed by atoms with Crippen LogP contribution in [0.3, 0.4) is 0 Å². The third-order valence-electron chi connectivity index (χ3n) is 5.96. The number of benzene rings is 2. The van der Waals surface area contributed by atoms with Crippen molar-refractivity contribution in [2.24, 2.45) is 17.8 Å². The Morgan fingerprint density at radius 3 is 2.29 bits per heavy atom. The number of allylic oxidation sites excluding steroid dienone is 1. The molecule has 1 aliphatic rings. The molecule has 0 bridgehead atoms. The molecule has 1 saturated carbocycles. The lowest BCUT2D eigenvalue weighted by Gasteiger charge is -2.30. The first-order valence-corrected chi connectivity index (χ1v) is 11.4. The third-order valence-corrected chi connectivity index (χ3v) is 5.96. The Morgan fingerprint density at radius 2 is 1.68 bits per heavy atom. The van der Waals surface area contributed by atoms with Crippen molar-refractivity contribution >= 4 is 23.8 Å². The maximum Gasteiger partial charge on any atom is 0.343 e. The van der Waals surface area contributed by atoms with Crippen LogP contribution in [0.5, 0.6) is 11.5 Å². The average molecular weight is 463 g/mol. The van der Waals surface area contributed by atoms with E-state index in [1.807, 2.05) is 18.2 Å². The SMILES string of the molecule is C=CC(=O)OCOc1ccc(C(=O)Oc2ccc(/C=C3\C(=O)C(C(C)C)CCC3C)cc2)cc1. The van der Waals surface area contributed by atoms with Crippen molar-refractivity contribution in [1.82, 2.24) is 0 Å². The van der Waals surface area contributed by atoms with Crippen LogP contribution in [0.25, 0.3) is 6.08 Å². The summed E-state index contributed by atoms with van der Waals surface area (Å²) in [5.41, 5.74) is 2.12. The molecular weight excluding hydrogens is 432 g/mol. The second-order valence-electron chi connectivity index (χ2n) is 8.71. The average Bonchev–Trinajstić information content (AvgIpc) is 2.82. The van der Waals surface area contributed by atoms with Gasteiger partial charge in [-0.1, -0.05) is 39.5 Å². The molecule has 0 saturated heterocycles. The van der Waals surface area contributed by atoms with Crippen molar-refractivity contribution in [2.45, 2.75) is 33.6 Å². The lowest BCUT2D eigenvalue weighted by atomic mass is 9.73. The summed E-state index contributed by atoms with van der Waals surface area (Å²) in [5.74, 6) is 0.663. The molecule has 0 amide bonds. The lowest BCUT2D eigenvalue weighted by Crippen LogP contribution is -2.30. The number of hydrogen-bond acceptors (Lipinski definition) is 6. The summed E-state index contributed by atoms with van der Waals surface area (Å²) in [4.78, 5) is 36.4. The van der Waals surface area contributed by atoms with Gasteiger partial charge >= 0.3 is 11.9 Å². The molecule has 3 rings (SSSR count). The highest BCUT2D eigenvalue weighted by Gasteiger charge is 2.32. The molecule has 0 aromatic heterocycles. The van der Waals surface area contributed by atoms with Gasteiger partial charge in [0.1, 0.15) is 11.5 Å². The van der Waals surface area contributed by atoms with Gasteiger partial charge < -0.3 is 14.2 Å². The maximum atomic E-state index is 12.9. The number of ketones is 1. The zero-order valence-corrected chi connectivity index (χ0v) is 19.8. The van der Waals surface area contributed by atoms with E-state index < -0.39 is 11.9 Å². The van der Waals surface area contributed by atoms with Crippen molar-refractivity contribution in [3.63, 3.8) is 0 Å². The molecule has 6 nitrogen and oxygen atoms in total. The summed E-state index contributed by atoms with van der Waals surface area (Å²) in [6, 6.07) is 13.4. The Morgan fingerprint density at radius 1 is 1.03 bits per heavy atom. The summed E-state index contributed by atoms with van der Waals surface area (Å²) in [5, 5.41) is 0. The molecule has 0 radical (unpaired) electrons. The Balaban J connectivity index is 1.60. The minimum Gasteiger partial charge on any atom is -0.457 e. The predicted octanol–water partition coefficient (Wildman–Crippen LogP) is 5.63. The zero-order valence-electron chi connectivity index (χ0n) is 19.8. The van der Waals surface area contributed by atoms with E-state index in [0.717, 1.165) is 30.1 Å². The van der Waals surface area contributed by atoms with E-state index in [4.69, 9.17) is 14.2 Å². The number of esters is 2. The van der Waals surface area contributed by atoms with Gasteiger partial charge in [0.05, 0.1) is 5.56 Å². The van der Waals surface area contributed by atoms with E-state index in [2.05, 4.69) is 27.4 Å². The highest BCUT2D eigenvalue weighted by atomic mass is 16.7. The predicted molar refractivity (Wildman–Crippen MR) is 129 cm³/mol. The van der Waals surface area contributed by atoms with Crippen molar-refractivity contribution in [3.05, 3.63) is 77.9 Å². The van der Waals surface area contributed by atoms with Crippen LogP contribution >= 0.6 is 0 Å². The molecule has 0 N–H and O–H groups in total. The van der Waals surface area contributed by atoms with E-state index in [9.17, 15) is 14.4 Å². The first-order valence-electron chi connectivity index (χ1n) is 11.4. The van der Waals surface area contributed by atoms with E-state index in [-0.39, 0.29) is 24.4 Å². The van der Waals surface area contributed by atoms with E-state index >= 15 is 0 Å². The molecule has 2 aromatic carbocycles. The largest absolute Gasteiger partial charge is 0.457 e. The van der Waals surface area contributed by atoms with Crippen LogP contribution in [0.1, 0.15) is 49.5 Å². The van der Waals surface area contributed by atoms with Crippen LogP contribution in [0.2, 0.25) is 0 Å². The summed E-state index contributed by atoms with van der Waals surface area (Å²) in [6.45, 7) is 9.34. The normalized spacial score (nSPS) is 19.1. The third kappa shape index (κ3) is 6.44. The van der Waals surface area contributed by atoms with Crippen LogP contribution < -0.4 is 9.47 Å². The molecule has 2 unspecified atom stereocenters. The zero-order chi connectivity index (χ0) is 24.7. The van der Waals surface area contributed by atoms with Gasteiger partial charge in [0.25, 0.3) is 0 Å². The number of rotatable bonds is 8. The fraction of sp³-hybridized carbons (Fsp3) is 0.321. The highest BCUT2D eigenvalue weighted by molar-refractivity contribution is 6.02. The molecular formula is C28H30O6. The van der Waals surface area contributed by atoms with Crippen LogP contribution in [-0.4, -0.2) is 24.5 Å². The molecule has 6 heteroatoms. The first kappa shape index (κ1) is 25.0. The van der Waals surface area contributed by atoms with Crippen molar-refractivity contribution in [1.29, 1.82) is 0 Å². The molecule has 1 fully saturated rings. The molecule has 2 atom stereocenters. The fourth-order valence-corrected chi connectivity index (χ4v) is 3.90. The van der Waals surface area contributed by atoms with Crippen molar-refractivity contribution in [3.8, 4) is 11.5 Å². The van der Waals surface area contributed by atoms with Gasteiger partial charge in [0.2, 0.25) is 6.79 Å². The van der Waals surface area contributed by atoms with Gasteiger partial charge in [-0.15, -0.1) is 0 Å². The first-order chi connectivity index (χ1) is 16.3. The number of carbonyl (C=O) groups is 3. The monoisotopic (exact) mass is 462 g/mol. The molecule has 1 aliphatic carbocycles. The summed E-state index contributed by atoms with van der Waals surface area (Å²) in [7, 11) is 0. The fourth-order valence-electron chi connectivity index (χ4n) is 3.90. The molecule has 0 aliphatic heterocycles. The van der Waals surface area contributed by atoms with E-state index in [1.165, 1.54) is 0 Å². The Bertz CT molecular complexity index is 1060. The standard InChI is InChI=1S/C28H30O6/c1-5-26(29)33-17-32-22-13-9-21(10-14-22)28(31)34-23-11-7-20(8-12-23)16-25-19(4)6-15-24(18(2)3)27(25)30/h5,7-14,16,18-19,24H,1,6,15,17H2,2-4H3/b25-16-. The molecule has 0 heterocycles. The lowest BCUT2D eigenvalue weighted by molar-refractivity contribution is -0.144. The summed E-state index contributed by atoms with van der Waals surface area (Å²) >= 11 is 0. The molecule has 2 aromatic rings. The van der Waals surface area contributed by atoms with Crippen LogP contribution in [0, 0.1) is 17.8 Å². The second-order valence-corrected chi connectivity index (χ2v) is 8.71. The number of Topliss-reactive ketones (excluding diaryl/α,β-unsaturated/α-hetero) is 1. The number of ether oxygens (including phenoxy) is 3. The molecule has 0 spiro atoms. The topological polar surface area (TPSA) is 78.9 Å². The Hall–Kier alpha value is -3.67. The van der Waals surface area contributed by atoms with Gasteiger partial charge in [-0.25, -0.2) is 9.59 Å². The minimum absolute atomic E-state index is 0.0848. The quantitative estimate of drug-likeness (QED) is 0.219. The summed E-state index contributed by atoms with van der Waals surface area (Å²) in [6.07, 6.45) is 4.96.